The number of anilines is 3. The molecule has 3 N–H and O–H groups in total. The van der Waals surface area contributed by atoms with Crippen molar-refractivity contribution in [1.29, 1.82) is 0 Å². The van der Waals surface area contributed by atoms with Crippen molar-refractivity contribution in [2.24, 2.45) is 0 Å². The second-order valence-corrected chi connectivity index (χ2v) is 7.29. The predicted molar refractivity (Wildman–Crippen MR) is 112 cm³/mol. The Labute approximate surface area is 162 Å². The molecule has 1 heterocycles. The lowest BCUT2D eigenvalue weighted by molar-refractivity contribution is 0.102. The molecule has 0 atom stereocenters. The van der Waals surface area contributed by atoms with Gasteiger partial charge in [-0.05, 0) is 59.5 Å². The van der Waals surface area contributed by atoms with E-state index in [1.54, 1.807) is 0 Å². The number of benzene rings is 2. The molecule has 1 fully saturated rings. The third-order valence-corrected chi connectivity index (χ3v) is 5.49. The first kappa shape index (κ1) is 18.0. The SMILES string of the molecule is CCN1CCN(c2ccc(N)cc2NC(=O)c2ccccc2I)CC1. The normalized spacial score (nSPS) is 15.2. The van der Waals surface area contributed by atoms with Crippen molar-refractivity contribution in [1.82, 2.24) is 4.90 Å². The minimum atomic E-state index is -0.107. The Hall–Kier alpha value is -1.80. The first-order valence-electron chi connectivity index (χ1n) is 8.51. The van der Waals surface area contributed by atoms with Crippen molar-refractivity contribution < 1.29 is 4.79 Å². The zero-order valence-electron chi connectivity index (χ0n) is 14.3. The summed E-state index contributed by atoms with van der Waals surface area (Å²) in [6.07, 6.45) is 0. The molecule has 0 radical (unpaired) electrons. The van der Waals surface area contributed by atoms with E-state index in [4.69, 9.17) is 5.73 Å². The van der Waals surface area contributed by atoms with E-state index in [1.165, 1.54) is 0 Å². The predicted octanol–water partition coefficient (Wildman–Crippen LogP) is 3.27. The number of likely N-dealkylation sites (N-methyl/N-ethyl adjacent to an activating group) is 1. The Balaban J connectivity index is 1.83. The zero-order valence-corrected chi connectivity index (χ0v) is 16.5. The van der Waals surface area contributed by atoms with Gasteiger partial charge in [-0.25, -0.2) is 0 Å². The first-order chi connectivity index (χ1) is 12.1. The van der Waals surface area contributed by atoms with Crippen molar-refractivity contribution in [3.8, 4) is 0 Å². The van der Waals surface area contributed by atoms with Gasteiger partial charge >= 0.3 is 0 Å². The van der Waals surface area contributed by atoms with E-state index in [0.29, 0.717) is 11.3 Å². The van der Waals surface area contributed by atoms with Crippen molar-refractivity contribution >= 4 is 45.6 Å². The van der Waals surface area contributed by atoms with Crippen LogP contribution in [-0.2, 0) is 0 Å². The molecule has 1 saturated heterocycles. The number of piperazine rings is 1. The number of nitrogens with zero attached hydrogens (tertiary/aromatic N) is 2. The summed E-state index contributed by atoms with van der Waals surface area (Å²) in [5.41, 5.74) is 9.09. The van der Waals surface area contributed by atoms with E-state index >= 15 is 0 Å². The molecular formula is C19H23IN4O. The number of nitrogens with two attached hydrogens (primary N) is 1. The van der Waals surface area contributed by atoms with Gasteiger partial charge in [0.05, 0.1) is 16.9 Å². The maximum atomic E-state index is 12.7. The Morgan fingerprint density at radius 1 is 1.16 bits per heavy atom. The summed E-state index contributed by atoms with van der Waals surface area (Å²) in [6, 6.07) is 13.3. The second kappa shape index (κ2) is 8.05. The van der Waals surface area contributed by atoms with Gasteiger partial charge in [0, 0.05) is 35.4 Å². The fraction of sp³-hybridized carbons (Fsp3) is 0.316. The van der Waals surface area contributed by atoms with Crippen LogP contribution in [0.15, 0.2) is 42.5 Å². The zero-order chi connectivity index (χ0) is 17.8. The summed E-state index contributed by atoms with van der Waals surface area (Å²) >= 11 is 2.18. The number of amides is 1. The van der Waals surface area contributed by atoms with Crippen molar-refractivity contribution in [2.75, 3.05) is 48.7 Å². The fourth-order valence-corrected chi connectivity index (χ4v) is 3.70. The van der Waals surface area contributed by atoms with E-state index < -0.39 is 0 Å². The molecule has 132 valence electrons. The van der Waals surface area contributed by atoms with Crippen LogP contribution in [0.5, 0.6) is 0 Å². The minimum absolute atomic E-state index is 0.107. The lowest BCUT2D eigenvalue weighted by atomic mass is 10.1. The van der Waals surface area contributed by atoms with Gasteiger partial charge in [-0.1, -0.05) is 19.1 Å². The number of hydrogen-bond donors (Lipinski definition) is 2. The Kier molecular flexibility index (Phi) is 5.80. The molecule has 6 heteroatoms. The Morgan fingerprint density at radius 2 is 1.88 bits per heavy atom. The van der Waals surface area contributed by atoms with Gasteiger partial charge in [0.2, 0.25) is 0 Å². The first-order valence-corrected chi connectivity index (χ1v) is 9.59. The average Bonchev–Trinajstić information content (AvgIpc) is 2.62. The number of halogens is 1. The Bertz CT molecular complexity index is 757. The van der Waals surface area contributed by atoms with Crippen LogP contribution in [0.4, 0.5) is 17.1 Å². The molecule has 1 aliphatic rings. The molecule has 0 bridgehead atoms. The lowest BCUT2D eigenvalue weighted by Gasteiger charge is -2.36. The van der Waals surface area contributed by atoms with E-state index in [2.05, 4.69) is 44.6 Å². The van der Waals surface area contributed by atoms with Crippen LogP contribution in [-0.4, -0.2) is 43.5 Å². The molecule has 5 nitrogen and oxygen atoms in total. The van der Waals surface area contributed by atoms with Crippen molar-refractivity contribution in [3.63, 3.8) is 0 Å². The second-order valence-electron chi connectivity index (χ2n) is 6.13. The van der Waals surface area contributed by atoms with E-state index in [1.807, 2.05) is 42.5 Å². The third-order valence-electron chi connectivity index (χ3n) is 4.55. The minimum Gasteiger partial charge on any atom is -0.399 e. The maximum Gasteiger partial charge on any atom is 0.256 e. The summed E-state index contributed by atoms with van der Waals surface area (Å²) in [5, 5.41) is 3.05. The number of carbonyl (C=O) groups is 1. The monoisotopic (exact) mass is 450 g/mol. The van der Waals surface area contributed by atoms with Gasteiger partial charge in [0.15, 0.2) is 0 Å². The number of hydrogen-bond acceptors (Lipinski definition) is 4. The van der Waals surface area contributed by atoms with Crippen LogP contribution in [0.1, 0.15) is 17.3 Å². The standard InChI is InChI=1S/C19H23IN4O/c1-2-23-9-11-24(12-10-23)18-8-7-14(21)13-17(18)22-19(25)15-5-3-4-6-16(15)20/h3-8,13H,2,9-12,21H2,1H3,(H,22,25). The topological polar surface area (TPSA) is 61.6 Å². The highest BCUT2D eigenvalue weighted by Gasteiger charge is 2.20. The molecule has 1 amide bonds. The summed E-state index contributed by atoms with van der Waals surface area (Å²) in [6.45, 7) is 7.22. The van der Waals surface area contributed by atoms with E-state index in [0.717, 1.165) is 47.7 Å². The smallest absolute Gasteiger partial charge is 0.256 e. The largest absolute Gasteiger partial charge is 0.399 e. The van der Waals surface area contributed by atoms with Gasteiger partial charge in [0.25, 0.3) is 5.91 Å². The highest BCUT2D eigenvalue weighted by Crippen LogP contribution is 2.30. The van der Waals surface area contributed by atoms with E-state index in [9.17, 15) is 4.79 Å². The van der Waals surface area contributed by atoms with Crippen molar-refractivity contribution in [2.45, 2.75) is 6.92 Å². The van der Waals surface area contributed by atoms with Crippen LogP contribution in [0.3, 0.4) is 0 Å². The molecule has 1 aliphatic heterocycles. The van der Waals surface area contributed by atoms with E-state index in [-0.39, 0.29) is 5.91 Å². The molecule has 0 unspecified atom stereocenters. The quantitative estimate of drug-likeness (QED) is 0.555. The molecule has 0 aliphatic carbocycles. The van der Waals surface area contributed by atoms with Gasteiger partial charge in [0.1, 0.15) is 0 Å². The molecule has 25 heavy (non-hydrogen) atoms. The molecule has 2 aromatic carbocycles. The third kappa shape index (κ3) is 4.24. The average molecular weight is 450 g/mol. The molecule has 0 spiro atoms. The summed E-state index contributed by atoms with van der Waals surface area (Å²) in [7, 11) is 0. The summed E-state index contributed by atoms with van der Waals surface area (Å²) in [4.78, 5) is 17.4. The summed E-state index contributed by atoms with van der Waals surface area (Å²) in [5.74, 6) is -0.107. The fourth-order valence-electron chi connectivity index (χ4n) is 3.07. The summed E-state index contributed by atoms with van der Waals surface area (Å²) < 4.78 is 0.930. The number of nitrogen functional groups attached to an aromatic ring is 1. The number of rotatable bonds is 4. The van der Waals surface area contributed by atoms with Gasteiger partial charge in [-0.15, -0.1) is 0 Å². The molecule has 2 aromatic rings. The highest BCUT2D eigenvalue weighted by molar-refractivity contribution is 14.1. The lowest BCUT2D eigenvalue weighted by Crippen LogP contribution is -2.46. The molecular weight excluding hydrogens is 427 g/mol. The van der Waals surface area contributed by atoms with Gasteiger partial charge in [-0.3, -0.25) is 4.79 Å². The molecule has 0 aromatic heterocycles. The Morgan fingerprint density at radius 3 is 2.56 bits per heavy atom. The van der Waals surface area contributed by atoms with Crippen LogP contribution in [0.2, 0.25) is 0 Å². The van der Waals surface area contributed by atoms with Crippen LogP contribution in [0, 0.1) is 3.57 Å². The van der Waals surface area contributed by atoms with Crippen LogP contribution < -0.4 is 16.0 Å². The van der Waals surface area contributed by atoms with Crippen LogP contribution >= 0.6 is 22.6 Å². The van der Waals surface area contributed by atoms with Gasteiger partial charge < -0.3 is 20.9 Å². The van der Waals surface area contributed by atoms with Gasteiger partial charge in [-0.2, -0.15) is 0 Å². The number of carbonyl (C=O) groups excluding carboxylic acids is 1. The molecule has 0 saturated carbocycles. The van der Waals surface area contributed by atoms with Crippen LogP contribution in [0.25, 0.3) is 0 Å². The maximum absolute atomic E-state index is 12.7. The van der Waals surface area contributed by atoms with Crippen molar-refractivity contribution in [3.05, 3.63) is 51.6 Å². The highest BCUT2D eigenvalue weighted by atomic mass is 127. The number of nitrogens with one attached hydrogen (secondary N) is 1. The molecule has 3 rings (SSSR count).